The first-order valence-electron chi connectivity index (χ1n) is 4.18. The van der Waals surface area contributed by atoms with Crippen LogP contribution in [0.25, 0.3) is 0 Å². The molecule has 0 amide bonds. The maximum atomic E-state index is 5.62. The Morgan fingerprint density at radius 3 is 3.15 bits per heavy atom. The summed E-state index contributed by atoms with van der Waals surface area (Å²) in [4.78, 5) is 4.10. The van der Waals surface area contributed by atoms with Crippen molar-refractivity contribution in [3.63, 3.8) is 0 Å². The molecule has 1 aromatic rings. The van der Waals surface area contributed by atoms with Crippen LogP contribution in [-0.4, -0.2) is 6.21 Å². The van der Waals surface area contributed by atoms with E-state index >= 15 is 0 Å². The zero-order valence-corrected chi connectivity index (χ0v) is 7.20. The van der Waals surface area contributed by atoms with Crippen LogP contribution < -0.4 is 11.1 Å². The molecule has 3 heteroatoms. The molecule has 0 aliphatic carbocycles. The van der Waals surface area contributed by atoms with Crippen molar-refractivity contribution < 1.29 is 0 Å². The lowest BCUT2D eigenvalue weighted by Crippen LogP contribution is -2.03. The molecule has 0 atom stereocenters. The number of aliphatic imine (C=N–C) groups is 1. The monoisotopic (exact) mass is 173 g/mol. The zero-order chi connectivity index (χ0) is 9.10. The van der Waals surface area contributed by atoms with Crippen molar-refractivity contribution in [3.05, 3.63) is 41.7 Å². The third-order valence-corrected chi connectivity index (χ3v) is 2.02. The summed E-state index contributed by atoms with van der Waals surface area (Å²) in [5.41, 5.74) is 8.86. The first-order valence-corrected chi connectivity index (χ1v) is 4.18. The lowest BCUT2D eigenvalue weighted by atomic mass is 10.1. The summed E-state index contributed by atoms with van der Waals surface area (Å²) < 4.78 is 0. The fraction of sp³-hybridized carbons (Fsp3) is 0.100. The van der Waals surface area contributed by atoms with E-state index in [0.717, 1.165) is 16.8 Å². The molecule has 3 nitrogen and oxygen atoms in total. The molecule has 0 fully saturated rings. The molecule has 0 radical (unpaired) electrons. The fourth-order valence-electron chi connectivity index (χ4n) is 1.36. The molecule has 0 aromatic heterocycles. The highest BCUT2D eigenvalue weighted by Crippen LogP contribution is 2.19. The second kappa shape index (κ2) is 3.41. The van der Waals surface area contributed by atoms with Crippen LogP contribution in [0.2, 0.25) is 0 Å². The highest BCUT2D eigenvalue weighted by Gasteiger charge is 2.04. The van der Waals surface area contributed by atoms with Crippen LogP contribution in [0.3, 0.4) is 0 Å². The summed E-state index contributed by atoms with van der Waals surface area (Å²) >= 11 is 0. The van der Waals surface area contributed by atoms with E-state index in [1.165, 1.54) is 0 Å². The molecule has 3 N–H and O–H groups in total. The first kappa shape index (κ1) is 8.01. The third kappa shape index (κ3) is 1.46. The number of anilines is 1. The second-order valence-corrected chi connectivity index (χ2v) is 2.82. The maximum absolute atomic E-state index is 5.62. The van der Waals surface area contributed by atoms with E-state index in [2.05, 4.69) is 10.3 Å². The number of hydrogen-bond acceptors (Lipinski definition) is 3. The van der Waals surface area contributed by atoms with Gasteiger partial charge in [0.1, 0.15) is 0 Å². The van der Waals surface area contributed by atoms with Crippen molar-refractivity contribution in [1.29, 1.82) is 0 Å². The van der Waals surface area contributed by atoms with Gasteiger partial charge in [-0.05, 0) is 11.6 Å². The van der Waals surface area contributed by atoms with Crippen LogP contribution in [0, 0.1) is 0 Å². The van der Waals surface area contributed by atoms with Gasteiger partial charge in [-0.1, -0.05) is 12.1 Å². The number of benzene rings is 1. The minimum Gasteiger partial charge on any atom is -0.360 e. The van der Waals surface area contributed by atoms with Gasteiger partial charge >= 0.3 is 0 Å². The Morgan fingerprint density at radius 1 is 1.38 bits per heavy atom. The second-order valence-electron chi connectivity index (χ2n) is 2.82. The molecule has 0 saturated carbocycles. The molecule has 1 aliphatic heterocycles. The molecule has 0 spiro atoms. The number of nitrogens with two attached hydrogens (primary N) is 1. The van der Waals surface area contributed by atoms with E-state index in [1.54, 1.807) is 6.20 Å². The van der Waals surface area contributed by atoms with E-state index in [0.29, 0.717) is 6.54 Å². The Morgan fingerprint density at radius 2 is 2.31 bits per heavy atom. The van der Waals surface area contributed by atoms with Gasteiger partial charge in [0.25, 0.3) is 0 Å². The fourth-order valence-corrected chi connectivity index (χ4v) is 1.36. The van der Waals surface area contributed by atoms with Gasteiger partial charge in [-0.2, -0.15) is 0 Å². The minimum absolute atomic E-state index is 0.539. The van der Waals surface area contributed by atoms with Crippen molar-refractivity contribution in [2.75, 3.05) is 5.32 Å². The topological polar surface area (TPSA) is 50.4 Å². The minimum atomic E-state index is 0.539. The molecular formula is C10H11N3. The normalized spacial score (nSPS) is 13.3. The largest absolute Gasteiger partial charge is 0.360 e. The molecule has 2 rings (SSSR count). The number of nitrogens with zero attached hydrogens (tertiary/aromatic N) is 1. The smallest absolute Gasteiger partial charge is 0.0472 e. The molecule has 0 saturated heterocycles. The summed E-state index contributed by atoms with van der Waals surface area (Å²) in [5.74, 6) is 0. The lowest BCUT2D eigenvalue weighted by Gasteiger charge is -2.07. The van der Waals surface area contributed by atoms with E-state index in [-0.39, 0.29) is 0 Å². The third-order valence-electron chi connectivity index (χ3n) is 2.02. The summed E-state index contributed by atoms with van der Waals surface area (Å²) in [6.07, 6.45) is 5.36. The summed E-state index contributed by atoms with van der Waals surface area (Å²) in [6, 6.07) is 6.01. The average Bonchev–Trinajstić information content (AvgIpc) is 2.41. The van der Waals surface area contributed by atoms with Crippen LogP contribution in [-0.2, 0) is 6.54 Å². The predicted molar refractivity (Wildman–Crippen MR) is 54.7 cm³/mol. The van der Waals surface area contributed by atoms with Crippen LogP contribution in [0.4, 0.5) is 5.69 Å². The molecular weight excluding hydrogens is 162 g/mol. The summed E-state index contributed by atoms with van der Waals surface area (Å²) in [5, 5.41) is 3.14. The van der Waals surface area contributed by atoms with Gasteiger partial charge in [-0.3, -0.25) is 4.99 Å². The van der Waals surface area contributed by atoms with Crippen molar-refractivity contribution in [2.24, 2.45) is 10.7 Å². The van der Waals surface area contributed by atoms with Crippen molar-refractivity contribution in [1.82, 2.24) is 0 Å². The average molecular weight is 173 g/mol. The summed E-state index contributed by atoms with van der Waals surface area (Å²) in [7, 11) is 0. The molecule has 0 unspecified atom stereocenters. The van der Waals surface area contributed by atoms with Crippen LogP contribution in [0.15, 0.2) is 35.6 Å². The number of hydrogen-bond donors (Lipinski definition) is 2. The standard InChI is InChI=1S/C10H11N3/c11-6-8-2-1-3-10-9(8)7-12-4-5-13-10/h1-5,7,13H,6,11H2. The van der Waals surface area contributed by atoms with E-state index < -0.39 is 0 Å². The summed E-state index contributed by atoms with van der Waals surface area (Å²) in [6.45, 7) is 0.539. The molecule has 66 valence electrons. The van der Waals surface area contributed by atoms with Gasteiger partial charge in [0.15, 0.2) is 0 Å². The Kier molecular flexibility index (Phi) is 2.10. The molecule has 13 heavy (non-hydrogen) atoms. The molecule has 1 aliphatic rings. The van der Waals surface area contributed by atoms with E-state index in [1.807, 2.05) is 30.6 Å². The molecule has 0 bridgehead atoms. The van der Waals surface area contributed by atoms with Crippen LogP contribution in [0.5, 0.6) is 0 Å². The zero-order valence-electron chi connectivity index (χ0n) is 7.20. The molecule has 1 aromatic carbocycles. The van der Waals surface area contributed by atoms with Gasteiger partial charge < -0.3 is 11.1 Å². The van der Waals surface area contributed by atoms with Gasteiger partial charge in [0, 0.05) is 36.4 Å². The van der Waals surface area contributed by atoms with Gasteiger partial charge in [0.05, 0.1) is 0 Å². The van der Waals surface area contributed by atoms with Gasteiger partial charge in [-0.15, -0.1) is 0 Å². The number of rotatable bonds is 1. The Bertz CT molecular complexity index is 366. The van der Waals surface area contributed by atoms with Crippen molar-refractivity contribution >= 4 is 11.9 Å². The van der Waals surface area contributed by atoms with E-state index in [9.17, 15) is 0 Å². The van der Waals surface area contributed by atoms with Gasteiger partial charge in [-0.25, -0.2) is 0 Å². The molecule has 1 heterocycles. The number of nitrogens with one attached hydrogen (secondary N) is 1. The highest BCUT2D eigenvalue weighted by molar-refractivity contribution is 5.90. The Labute approximate surface area is 77.0 Å². The van der Waals surface area contributed by atoms with Crippen molar-refractivity contribution in [2.45, 2.75) is 6.54 Å². The quantitative estimate of drug-likeness (QED) is 0.675. The Hall–Kier alpha value is -1.61. The van der Waals surface area contributed by atoms with Crippen LogP contribution >= 0.6 is 0 Å². The highest BCUT2D eigenvalue weighted by atomic mass is 14.9. The SMILES string of the molecule is NCc1cccc2c1C=NC=CN2. The van der Waals surface area contributed by atoms with E-state index in [4.69, 9.17) is 5.73 Å². The van der Waals surface area contributed by atoms with Crippen LogP contribution in [0.1, 0.15) is 11.1 Å². The Balaban J connectivity index is 2.55. The predicted octanol–water partition coefficient (Wildman–Crippen LogP) is 1.46. The lowest BCUT2D eigenvalue weighted by molar-refractivity contribution is 1.07. The maximum Gasteiger partial charge on any atom is 0.0472 e. The van der Waals surface area contributed by atoms with Crippen molar-refractivity contribution in [3.8, 4) is 0 Å². The number of fused-ring (bicyclic) bond motifs is 1. The van der Waals surface area contributed by atoms with Gasteiger partial charge in [0.2, 0.25) is 0 Å². The first-order chi connectivity index (χ1) is 6.42.